The number of nitrogens with one attached hydrogen (secondary N) is 1. The van der Waals surface area contributed by atoms with Crippen molar-refractivity contribution in [2.24, 2.45) is 0 Å². The van der Waals surface area contributed by atoms with E-state index < -0.39 is 0 Å². The molecule has 1 N–H and O–H groups in total. The molecule has 0 aliphatic carbocycles. The molecule has 1 aliphatic heterocycles. The van der Waals surface area contributed by atoms with Gasteiger partial charge < -0.3 is 15.0 Å². The number of likely N-dealkylation sites (N-methyl/N-ethyl adjacent to an activating group) is 1. The Morgan fingerprint density at radius 3 is 2.96 bits per heavy atom. The quantitative estimate of drug-likeness (QED) is 0.871. The maximum absolute atomic E-state index is 12.9. The van der Waals surface area contributed by atoms with Crippen LogP contribution < -0.4 is 10.1 Å². The third-order valence-electron chi connectivity index (χ3n) is 4.22. The van der Waals surface area contributed by atoms with Crippen molar-refractivity contribution >= 4 is 29.1 Å². The molecule has 1 aromatic heterocycles. The number of amides is 1. The van der Waals surface area contributed by atoms with Crippen molar-refractivity contribution in [3.05, 3.63) is 52.1 Å². The van der Waals surface area contributed by atoms with Crippen molar-refractivity contribution in [3.8, 4) is 11.6 Å². The van der Waals surface area contributed by atoms with Crippen LogP contribution in [0.25, 0.3) is 0 Å². The van der Waals surface area contributed by atoms with Crippen LogP contribution in [0.5, 0.6) is 11.6 Å². The monoisotopic (exact) mass is 379 g/mol. The molecule has 1 aromatic carbocycles. The highest BCUT2D eigenvalue weighted by molar-refractivity contribution is 6.35. The Hall–Kier alpha value is -1.82. The highest BCUT2D eigenvalue weighted by Crippen LogP contribution is 2.32. The maximum Gasteiger partial charge on any atom is 0.259 e. The van der Waals surface area contributed by atoms with Crippen molar-refractivity contribution in [2.75, 3.05) is 20.1 Å². The molecular weight excluding hydrogens is 361 g/mol. The minimum atomic E-state index is -0.0897. The van der Waals surface area contributed by atoms with E-state index in [1.165, 1.54) is 0 Å². The van der Waals surface area contributed by atoms with Gasteiger partial charge in [-0.3, -0.25) is 4.79 Å². The van der Waals surface area contributed by atoms with Gasteiger partial charge in [-0.2, -0.15) is 0 Å². The number of nitrogens with zero attached hydrogens (tertiary/aromatic N) is 2. The van der Waals surface area contributed by atoms with E-state index in [1.807, 2.05) is 11.9 Å². The van der Waals surface area contributed by atoms with Gasteiger partial charge in [-0.1, -0.05) is 23.2 Å². The number of carbonyl (C=O) groups excluding carboxylic acids is 1. The fourth-order valence-corrected chi connectivity index (χ4v) is 3.31. The average molecular weight is 380 g/mol. The van der Waals surface area contributed by atoms with E-state index in [0.717, 1.165) is 19.4 Å². The number of benzene rings is 1. The van der Waals surface area contributed by atoms with Crippen LogP contribution in [-0.2, 0) is 0 Å². The average Bonchev–Trinajstić information content (AvgIpc) is 2.64. The first-order valence-corrected chi connectivity index (χ1v) is 8.88. The van der Waals surface area contributed by atoms with Crippen LogP contribution in [0.15, 0.2) is 36.5 Å². The summed E-state index contributed by atoms with van der Waals surface area (Å²) >= 11 is 12.1. The Morgan fingerprint density at radius 1 is 1.36 bits per heavy atom. The first-order valence-electron chi connectivity index (χ1n) is 8.13. The summed E-state index contributed by atoms with van der Waals surface area (Å²) in [4.78, 5) is 19.0. The fraction of sp³-hybridized carbons (Fsp3) is 0.333. The van der Waals surface area contributed by atoms with Crippen LogP contribution in [-0.4, -0.2) is 42.0 Å². The molecule has 1 fully saturated rings. The van der Waals surface area contributed by atoms with E-state index in [9.17, 15) is 4.79 Å². The zero-order chi connectivity index (χ0) is 17.8. The Morgan fingerprint density at radius 2 is 2.20 bits per heavy atom. The number of ether oxygens (including phenoxy) is 1. The molecule has 5 nitrogen and oxygen atoms in total. The number of rotatable bonds is 4. The summed E-state index contributed by atoms with van der Waals surface area (Å²) in [5, 5.41) is 4.12. The first kappa shape index (κ1) is 18.0. The minimum Gasteiger partial charge on any atom is -0.437 e. The van der Waals surface area contributed by atoms with Gasteiger partial charge in [0.2, 0.25) is 5.88 Å². The summed E-state index contributed by atoms with van der Waals surface area (Å²) < 4.78 is 5.80. The molecule has 132 valence electrons. The zero-order valence-electron chi connectivity index (χ0n) is 13.8. The predicted molar refractivity (Wildman–Crippen MR) is 98.8 cm³/mol. The van der Waals surface area contributed by atoms with Crippen LogP contribution >= 0.6 is 23.2 Å². The molecule has 2 aromatic rings. The third-order valence-corrected chi connectivity index (χ3v) is 4.75. The molecule has 1 atom stereocenters. The van der Waals surface area contributed by atoms with Crippen LogP contribution in [0.4, 0.5) is 0 Å². The lowest BCUT2D eigenvalue weighted by Gasteiger charge is -2.32. The van der Waals surface area contributed by atoms with Crippen LogP contribution in [0, 0.1) is 0 Å². The molecule has 3 rings (SSSR count). The van der Waals surface area contributed by atoms with E-state index >= 15 is 0 Å². The number of piperidine rings is 1. The van der Waals surface area contributed by atoms with Gasteiger partial charge in [0.1, 0.15) is 11.3 Å². The zero-order valence-corrected chi connectivity index (χ0v) is 15.3. The first-order chi connectivity index (χ1) is 12.1. The number of hydrogen-bond donors (Lipinski definition) is 1. The number of aromatic nitrogens is 1. The van der Waals surface area contributed by atoms with Crippen molar-refractivity contribution in [1.29, 1.82) is 0 Å². The minimum absolute atomic E-state index is 0.0897. The molecule has 0 radical (unpaired) electrons. The molecule has 2 heterocycles. The van der Waals surface area contributed by atoms with E-state index in [1.54, 1.807) is 36.5 Å². The molecule has 0 spiro atoms. The maximum atomic E-state index is 12.9. The Balaban J connectivity index is 1.84. The van der Waals surface area contributed by atoms with E-state index in [2.05, 4.69) is 10.3 Å². The van der Waals surface area contributed by atoms with Gasteiger partial charge in [0.25, 0.3) is 5.91 Å². The molecule has 7 heteroatoms. The van der Waals surface area contributed by atoms with Gasteiger partial charge in [0.05, 0.1) is 5.02 Å². The molecule has 1 aliphatic rings. The number of carbonyl (C=O) groups is 1. The smallest absolute Gasteiger partial charge is 0.259 e. The molecule has 0 saturated carbocycles. The topological polar surface area (TPSA) is 54.5 Å². The van der Waals surface area contributed by atoms with Gasteiger partial charge in [0.15, 0.2) is 0 Å². The van der Waals surface area contributed by atoms with Gasteiger partial charge >= 0.3 is 0 Å². The third kappa shape index (κ3) is 4.24. The second-order valence-corrected chi connectivity index (χ2v) is 6.76. The van der Waals surface area contributed by atoms with Crippen LogP contribution in [0.3, 0.4) is 0 Å². The summed E-state index contributed by atoms with van der Waals surface area (Å²) in [5.74, 6) is 0.557. The molecule has 1 unspecified atom stereocenters. The standard InChI is InChI=1S/C18H19Cl2N3O2/c1-21-13-4-3-9-23(11-13)18(24)14-5-2-8-22-17(14)25-16-7-6-12(19)10-15(16)20/h2,5-8,10,13,21H,3-4,9,11H2,1H3. The number of likely N-dealkylation sites (tertiary alicyclic amines) is 1. The van der Waals surface area contributed by atoms with E-state index in [0.29, 0.717) is 33.9 Å². The van der Waals surface area contributed by atoms with Gasteiger partial charge in [-0.25, -0.2) is 4.98 Å². The Kier molecular flexibility index (Phi) is 5.78. The predicted octanol–water partition coefficient (Wildman–Crippen LogP) is 4.00. The summed E-state index contributed by atoms with van der Waals surface area (Å²) in [5.41, 5.74) is 0.422. The molecule has 1 saturated heterocycles. The summed E-state index contributed by atoms with van der Waals surface area (Å²) in [6.07, 6.45) is 3.62. The van der Waals surface area contributed by atoms with Crippen molar-refractivity contribution in [2.45, 2.75) is 18.9 Å². The van der Waals surface area contributed by atoms with Gasteiger partial charge in [0, 0.05) is 30.4 Å². The largest absolute Gasteiger partial charge is 0.437 e. The lowest BCUT2D eigenvalue weighted by Crippen LogP contribution is -2.47. The summed E-state index contributed by atoms with van der Waals surface area (Å²) in [6.45, 7) is 1.40. The number of hydrogen-bond acceptors (Lipinski definition) is 4. The molecular formula is C18H19Cl2N3O2. The van der Waals surface area contributed by atoms with E-state index in [-0.39, 0.29) is 11.8 Å². The lowest BCUT2D eigenvalue weighted by molar-refractivity contribution is 0.0695. The molecule has 1 amide bonds. The Labute approximate surface area is 156 Å². The van der Waals surface area contributed by atoms with E-state index in [4.69, 9.17) is 27.9 Å². The van der Waals surface area contributed by atoms with Crippen molar-refractivity contribution in [1.82, 2.24) is 15.2 Å². The van der Waals surface area contributed by atoms with Crippen molar-refractivity contribution < 1.29 is 9.53 Å². The number of halogens is 2. The summed E-state index contributed by atoms with van der Waals surface area (Å²) in [7, 11) is 1.92. The second kappa shape index (κ2) is 8.04. The summed E-state index contributed by atoms with van der Waals surface area (Å²) in [6, 6.07) is 8.68. The normalized spacial score (nSPS) is 17.4. The molecule has 0 bridgehead atoms. The van der Waals surface area contributed by atoms with Crippen LogP contribution in [0.1, 0.15) is 23.2 Å². The van der Waals surface area contributed by atoms with Gasteiger partial charge in [-0.05, 0) is 50.2 Å². The SMILES string of the molecule is CNC1CCCN(C(=O)c2cccnc2Oc2ccc(Cl)cc2Cl)C1. The Bertz CT molecular complexity index is 770. The highest BCUT2D eigenvalue weighted by atomic mass is 35.5. The number of pyridine rings is 1. The lowest BCUT2D eigenvalue weighted by atomic mass is 10.0. The van der Waals surface area contributed by atoms with Crippen LogP contribution in [0.2, 0.25) is 10.0 Å². The fourth-order valence-electron chi connectivity index (χ4n) is 2.86. The molecule has 25 heavy (non-hydrogen) atoms. The van der Waals surface area contributed by atoms with Crippen molar-refractivity contribution in [3.63, 3.8) is 0 Å². The van der Waals surface area contributed by atoms with Gasteiger partial charge in [-0.15, -0.1) is 0 Å². The second-order valence-electron chi connectivity index (χ2n) is 5.91. The highest BCUT2D eigenvalue weighted by Gasteiger charge is 2.26.